The van der Waals surface area contributed by atoms with E-state index in [1.807, 2.05) is 37.3 Å². The van der Waals surface area contributed by atoms with Gasteiger partial charge >= 0.3 is 0 Å². The topological polar surface area (TPSA) is 76.5 Å². The molecule has 2 aromatic rings. The highest BCUT2D eigenvalue weighted by Gasteiger charge is 2.49. The second-order valence-electron chi connectivity index (χ2n) is 10.6. The molecule has 4 rings (SSSR count). The van der Waals surface area contributed by atoms with E-state index in [2.05, 4.69) is 26.1 Å². The van der Waals surface area contributed by atoms with E-state index in [4.69, 9.17) is 9.84 Å². The molecule has 2 amide bonds. The summed E-state index contributed by atoms with van der Waals surface area (Å²) in [5.41, 5.74) is 0.717. The Labute approximate surface area is 196 Å². The number of carbonyl (C=O) groups is 2. The molecule has 1 N–H and O–H groups in total. The Morgan fingerprint density at radius 3 is 2.33 bits per heavy atom. The van der Waals surface area contributed by atoms with Gasteiger partial charge in [0.1, 0.15) is 17.0 Å². The summed E-state index contributed by atoms with van der Waals surface area (Å²) in [5.74, 6) is 0.359. The number of anilines is 1. The van der Waals surface area contributed by atoms with Gasteiger partial charge in [0.25, 0.3) is 5.91 Å². The molecular weight excluding hydrogens is 416 g/mol. The zero-order valence-corrected chi connectivity index (χ0v) is 20.5. The van der Waals surface area contributed by atoms with E-state index in [9.17, 15) is 9.59 Å². The van der Waals surface area contributed by atoms with Crippen LogP contribution in [0.5, 0.6) is 5.75 Å². The number of ether oxygens (including phenoxy) is 1. The third-order valence-electron chi connectivity index (χ3n) is 6.93. The molecule has 1 fully saturated rings. The number of rotatable bonds is 4. The van der Waals surface area contributed by atoms with Gasteiger partial charge < -0.3 is 10.1 Å². The molecule has 0 radical (unpaired) electrons. The number of nitrogens with one attached hydrogen (secondary N) is 1. The molecule has 178 valence electrons. The van der Waals surface area contributed by atoms with Gasteiger partial charge in [-0.25, -0.2) is 0 Å². The van der Waals surface area contributed by atoms with Crippen LogP contribution in [0.15, 0.2) is 30.3 Å². The van der Waals surface area contributed by atoms with Crippen LogP contribution in [-0.2, 0) is 16.8 Å². The number of amides is 2. The minimum absolute atomic E-state index is 0.128. The van der Waals surface area contributed by atoms with E-state index in [0.717, 1.165) is 31.4 Å². The molecule has 0 spiro atoms. The SMILES string of the molecule is COc1ccc(N2C(=O)c3cc(C(C)(C)C)nn3C[C@]2(C)C(=O)NC2CCCCCC2)cc1. The van der Waals surface area contributed by atoms with Crippen LogP contribution < -0.4 is 15.0 Å². The highest BCUT2D eigenvalue weighted by molar-refractivity contribution is 6.11. The molecule has 1 aromatic heterocycles. The van der Waals surface area contributed by atoms with E-state index in [-0.39, 0.29) is 23.3 Å². The van der Waals surface area contributed by atoms with E-state index < -0.39 is 5.54 Å². The third kappa shape index (κ3) is 4.50. The zero-order chi connectivity index (χ0) is 23.8. The van der Waals surface area contributed by atoms with Crippen molar-refractivity contribution in [2.45, 2.75) is 89.8 Å². The largest absolute Gasteiger partial charge is 0.497 e. The molecule has 1 aliphatic heterocycles. The minimum atomic E-state index is -1.11. The Bertz CT molecular complexity index is 1010. The molecule has 7 nitrogen and oxygen atoms in total. The predicted molar refractivity (Wildman–Crippen MR) is 129 cm³/mol. The van der Waals surface area contributed by atoms with Gasteiger partial charge in [-0.15, -0.1) is 0 Å². The predicted octanol–water partition coefficient (Wildman–Crippen LogP) is 4.45. The number of nitrogens with zero attached hydrogens (tertiary/aromatic N) is 3. The summed E-state index contributed by atoms with van der Waals surface area (Å²) in [7, 11) is 1.61. The fourth-order valence-electron chi connectivity index (χ4n) is 4.85. The number of carbonyl (C=O) groups excluding carboxylic acids is 2. The van der Waals surface area contributed by atoms with Crippen LogP contribution in [0.25, 0.3) is 0 Å². The Balaban J connectivity index is 1.74. The van der Waals surface area contributed by atoms with E-state index in [0.29, 0.717) is 23.7 Å². The molecule has 33 heavy (non-hydrogen) atoms. The van der Waals surface area contributed by atoms with Crippen molar-refractivity contribution in [3.05, 3.63) is 41.7 Å². The average molecular weight is 453 g/mol. The maximum absolute atomic E-state index is 13.8. The van der Waals surface area contributed by atoms with Crippen molar-refractivity contribution >= 4 is 17.5 Å². The van der Waals surface area contributed by atoms with Crippen LogP contribution in [0.1, 0.15) is 82.4 Å². The van der Waals surface area contributed by atoms with Crippen molar-refractivity contribution in [1.82, 2.24) is 15.1 Å². The first-order chi connectivity index (χ1) is 15.6. The number of benzene rings is 1. The molecule has 0 bridgehead atoms. The summed E-state index contributed by atoms with van der Waals surface area (Å²) in [6.07, 6.45) is 6.65. The molecule has 2 heterocycles. The normalized spacial score (nSPS) is 22.0. The van der Waals surface area contributed by atoms with Gasteiger partial charge in [-0.05, 0) is 50.1 Å². The van der Waals surface area contributed by atoms with Crippen molar-refractivity contribution in [3.63, 3.8) is 0 Å². The summed E-state index contributed by atoms with van der Waals surface area (Å²) in [6, 6.07) is 9.32. The van der Waals surface area contributed by atoms with Gasteiger partial charge in [0.15, 0.2) is 0 Å². The number of hydrogen-bond acceptors (Lipinski definition) is 4. The van der Waals surface area contributed by atoms with E-state index in [1.54, 1.807) is 16.7 Å². The van der Waals surface area contributed by atoms with Crippen LogP contribution in [-0.4, -0.2) is 40.3 Å². The standard InChI is InChI=1S/C26H36N4O3/c1-25(2,3)22-16-21-23(31)30(19-12-14-20(33-5)15-13-19)26(4,17-29(21)28-22)24(32)27-18-10-8-6-7-9-11-18/h12-16,18H,6-11,17H2,1-5H3,(H,27,32)/t26-/m1/s1. The zero-order valence-electron chi connectivity index (χ0n) is 20.5. The second kappa shape index (κ2) is 8.84. The first-order valence-corrected chi connectivity index (χ1v) is 12.0. The summed E-state index contributed by atoms with van der Waals surface area (Å²) < 4.78 is 7.01. The van der Waals surface area contributed by atoms with Crippen LogP contribution in [0, 0.1) is 0 Å². The second-order valence-corrected chi connectivity index (χ2v) is 10.6. The van der Waals surface area contributed by atoms with Crippen molar-refractivity contribution in [3.8, 4) is 5.75 Å². The lowest BCUT2D eigenvalue weighted by molar-refractivity contribution is -0.127. The molecule has 1 aliphatic carbocycles. The number of hydrogen-bond donors (Lipinski definition) is 1. The van der Waals surface area contributed by atoms with Crippen LogP contribution >= 0.6 is 0 Å². The van der Waals surface area contributed by atoms with Gasteiger partial charge in [0, 0.05) is 17.1 Å². The first kappa shape index (κ1) is 23.3. The Morgan fingerprint density at radius 2 is 1.76 bits per heavy atom. The molecular formula is C26H36N4O3. The molecule has 2 aliphatic rings. The van der Waals surface area contributed by atoms with Gasteiger partial charge in [-0.2, -0.15) is 5.10 Å². The number of methoxy groups -OCH3 is 1. The number of fused-ring (bicyclic) bond motifs is 1. The van der Waals surface area contributed by atoms with Crippen LogP contribution in [0.4, 0.5) is 5.69 Å². The molecule has 0 unspecified atom stereocenters. The van der Waals surface area contributed by atoms with Crippen LogP contribution in [0.2, 0.25) is 0 Å². The Morgan fingerprint density at radius 1 is 1.12 bits per heavy atom. The van der Waals surface area contributed by atoms with Gasteiger partial charge in [0.05, 0.1) is 19.3 Å². The maximum atomic E-state index is 13.8. The highest BCUT2D eigenvalue weighted by Crippen LogP contribution is 2.35. The summed E-state index contributed by atoms with van der Waals surface area (Å²) in [4.78, 5) is 29.3. The summed E-state index contributed by atoms with van der Waals surface area (Å²) in [6.45, 7) is 8.37. The van der Waals surface area contributed by atoms with E-state index >= 15 is 0 Å². The van der Waals surface area contributed by atoms with Crippen molar-refractivity contribution < 1.29 is 14.3 Å². The molecule has 7 heteroatoms. The maximum Gasteiger partial charge on any atom is 0.277 e. The monoisotopic (exact) mass is 452 g/mol. The molecule has 1 aromatic carbocycles. The highest BCUT2D eigenvalue weighted by atomic mass is 16.5. The van der Waals surface area contributed by atoms with E-state index in [1.165, 1.54) is 12.8 Å². The smallest absolute Gasteiger partial charge is 0.277 e. The summed E-state index contributed by atoms with van der Waals surface area (Å²) >= 11 is 0. The molecule has 1 saturated carbocycles. The quantitative estimate of drug-likeness (QED) is 0.696. The van der Waals surface area contributed by atoms with Gasteiger partial charge in [-0.1, -0.05) is 46.5 Å². The third-order valence-corrected chi connectivity index (χ3v) is 6.93. The Hall–Kier alpha value is -2.83. The first-order valence-electron chi connectivity index (χ1n) is 12.0. The van der Waals surface area contributed by atoms with Crippen molar-refractivity contribution in [1.29, 1.82) is 0 Å². The lowest BCUT2D eigenvalue weighted by Crippen LogP contribution is -2.65. The Kier molecular flexibility index (Phi) is 6.25. The van der Waals surface area contributed by atoms with Crippen molar-refractivity contribution in [2.24, 2.45) is 0 Å². The average Bonchev–Trinajstić information content (AvgIpc) is 3.04. The molecule has 1 atom stereocenters. The van der Waals surface area contributed by atoms with Crippen molar-refractivity contribution in [2.75, 3.05) is 12.0 Å². The number of aromatic nitrogens is 2. The lowest BCUT2D eigenvalue weighted by atomic mass is 9.91. The summed E-state index contributed by atoms with van der Waals surface area (Å²) in [5, 5.41) is 8.02. The van der Waals surface area contributed by atoms with Gasteiger partial charge in [0.2, 0.25) is 5.91 Å². The fourth-order valence-corrected chi connectivity index (χ4v) is 4.85. The lowest BCUT2D eigenvalue weighted by Gasteiger charge is -2.43. The molecule has 0 saturated heterocycles. The van der Waals surface area contributed by atoms with Crippen LogP contribution in [0.3, 0.4) is 0 Å². The van der Waals surface area contributed by atoms with Gasteiger partial charge in [-0.3, -0.25) is 19.2 Å². The minimum Gasteiger partial charge on any atom is -0.497 e. The fraction of sp³-hybridized carbons (Fsp3) is 0.577.